The number of anilines is 2. The molecule has 0 aromatic heterocycles. The van der Waals surface area contributed by atoms with E-state index in [4.69, 9.17) is 17.4 Å². The van der Waals surface area contributed by atoms with Crippen molar-refractivity contribution in [2.45, 2.75) is 19.4 Å². The average molecular weight is 502 g/mol. The maximum absolute atomic E-state index is 12.2. The van der Waals surface area contributed by atoms with Gasteiger partial charge in [-0.2, -0.15) is 0 Å². The maximum Gasteiger partial charge on any atom is 0.333 e. The van der Waals surface area contributed by atoms with E-state index in [2.05, 4.69) is 57.8 Å². The number of amides is 2. The van der Waals surface area contributed by atoms with Gasteiger partial charge in [-0.3, -0.25) is 10.2 Å². The molecule has 6 nitrogen and oxygen atoms in total. The lowest BCUT2D eigenvalue weighted by Crippen LogP contribution is -2.34. The molecular formula is C23H22BrClN4O2. The zero-order chi connectivity index (χ0) is 22.4. The van der Waals surface area contributed by atoms with Crippen molar-refractivity contribution in [3.8, 4) is 0 Å². The van der Waals surface area contributed by atoms with E-state index in [0.717, 1.165) is 15.7 Å². The Balaban J connectivity index is 0.000000196. The van der Waals surface area contributed by atoms with E-state index in [9.17, 15) is 9.59 Å². The van der Waals surface area contributed by atoms with Gasteiger partial charge in [0.15, 0.2) is 5.78 Å². The van der Waals surface area contributed by atoms with Gasteiger partial charge in [-0.25, -0.2) is 10.6 Å². The van der Waals surface area contributed by atoms with Crippen LogP contribution in [-0.2, 0) is 0 Å². The first kappa shape index (κ1) is 22.8. The molecule has 0 fully saturated rings. The number of rotatable bonds is 2. The van der Waals surface area contributed by atoms with Crippen molar-refractivity contribution in [3.05, 3.63) is 92.9 Å². The molecule has 160 valence electrons. The van der Waals surface area contributed by atoms with Crippen molar-refractivity contribution in [1.29, 1.82) is 0 Å². The van der Waals surface area contributed by atoms with Crippen molar-refractivity contribution < 1.29 is 9.59 Å². The molecule has 0 radical (unpaired) electrons. The molecule has 0 saturated heterocycles. The lowest BCUT2D eigenvalue weighted by atomic mass is 9.92. The number of hydrogen-bond acceptors (Lipinski definition) is 4. The van der Waals surface area contributed by atoms with Crippen LogP contribution < -0.4 is 21.9 Å². The number of carbonyl (C=O) groups is 2. The van der Waals surface area contributed by atoms with Gasteiger partial charge in [0.2, 0.25) is 0 Å². The summed E-state index contributed by atoms with van der Waals surface area (Å²) in [6.07, 6.45) is 0.469. The Morgan fingerprint density at radius 2 is 1.77 bits per heavy atom. The maximum atomic E-state index is 12.2. The normalized spacial score (nSPS) is 14.5. The van der Waals surface area contributed by atoms with E-state index in [1.165, 1.54) is 5.56 Å². The summed E-state index contributed by atoms with van der Waals surface area (Å²) in [4.78, 5) is 22.9. The summed E-state index contributed by atoms with van der Waals surface area (Å²) in [5.41, 5.74) is 6.58. The molecule has 3 aromatic rings. The molecule has 1 unspecified atom stereocenters. The molecule has 2 amide bonds. The van der Waals surface area contributed by atoms with Gasteiger partial charge in [-0.05, 0) is 55.0 Å². The van der Waals surface area contributed by atoms with Crippen LogP contribution in [-0.4, -0.2) is 11.8 Å². The molecule has 5 N–H and O–H groups in total. The van der Waals surface area contributed by atoms with Crippen LogP contribution >= 0.6 is 27.5 Å². The lowest BCUT2D eigenvalue weighted by Gasteiger charge is -2.26. The van der Waals surface area contributed by atoms with Gasteiger partial charge in [0.05, 0.1) is 6.04 Å². The summed E-state index contributed by atoms with van der Waals surface area (Å²) in [6.45, 7) is 2.06. The van der Waals surface area contributed by atoms with Gasteiger partial charge in [-0.1, -0.05) is 57.4 Å². The van der Waals surface area contributed by atoms with E-state index >= 15 is 0 Å². The molecule has 4 rings (SSSR count). The van der Waals surface area contributed by atoms with E-state index in [-0.39, 0.29) is 11.8 Å². The number of hydrogen-bond donors (Lipinski definition) is 4. The number of fused-ring (bicyclic) bond motifs is 1. The number of aryl methyl sites for hydroxylation is 1. The van der Waals surface area contributed by atoms with Crippen LogP contribution in [0, 0.1) is 6.92 Å². The molecule has 8 heteroatoms. The third-order valence-corrected chi connectivity index (χ3v) is 5.48. The number of urea groups is 1. The highest BCUT2D eigenvalue weighted by atomic mass is 79.9. The Labute approximate surface area is 194 Å². The highest BCUT2D eigenvalue weighted by Gasteiger charge is 2.25. The first-order valence-electron chi connectivity index (χ1n) is 9.54. The molecule has 0 aliphatic carbocycles. The smallest absolute Gasteiger partial charge is 0.333 e. The third-order valence-electron chi connectivity index (χ3n) is 4.71. The molecular weight excluding hydrogens is 480 g/mol. The topological polar surface area (TPSA) is 96.2 Å². The van der Waals surface area contributed by atoms with Crippen LogP contribution in [0.25, 0.3) is 0 Å². The molecule has 0 saturated carbocycles. The zero-order valence-corrected chi connectivity index (χ0v) is 19.1. The largest absolute Gasteiger partial charge is 0.377 e. The van der Waals surface area contributed by atoms with Gasteiger partial charge < -0.3 is 10.6 Å². The summed E-state index contributed by atoms with van der Waals surface area (Å²) in [5.74, 6) is 5.02. The number of nitrogens with one attached hydrogen (secondary N) is 3. The predicted molar refractivity (Wildman–Crippen MR) is 128 cm³/mol. The van der Waals surface area contributed by atoms with Gasteiger partial charge in [-0.15, -0.1) is 0 Å². The number of hydrazine groups is 1. The van der Waals surface area contributed by atoms with Crippen LogP contribution in [0.15, 0.2) is 71.2 Å². The van der Waals surface area contributed by atoms with Crippen LogP contribution in [0.2, 0.25) is 5.02 Å². The Morgan fingerprint density at radius 3 is 2.42 bits per heavy atom. The minimum atomic E-state index is -0.433. The number of halogens is 2. The second-order valence-corrected chi connectivity index (χ2v) is 8.38. The van der Waals surface area contributed by atoms with Crippen LogP contribution in [0.3, 0.4) is 0 Å². The molecule has 31 heavy (non-hydrogen) atoms. The summed E-state index contributed by atoms with van der Waals surface area (Å²) >= 11 is 9.21. The van der Waals surface area contributed by atoms with E-state index in [1.807, 2.05) is 23.6 Å². The Hall–Kier alpha value is -2.87. The van der Waals surface area contributed by atoms with E-state index in [1.54, 1.807) is 24.3 Å². The van der Waals surface area contributed by atoms with Crippen molar-refractivity contribution in [2.24, 2.45) is 5.84 Å². The summed E-state index contributed by atoms with van der Waals surface area (Å²) in [7, 11) is 0. The average Bonchev–Trinajstić information content (AvgIpc) is 2.76. The third kappa shape index (κ3) is 6.30. The van der Waals surface area contributed by atoms with Crippen molar-refractivity contribution in [2.75, 3.05) is 10.6 Å². The van der Waals surface area contributed by atoms with E-state index < -0.39 is 6.03 Å². The summed E-state index contributed by atoms with van der Waals surface area (Å²) in [6, 6.07) is 20.5. The molecule has 0 bridgehead atoms. The number of Topliss-reactive ketones (excluding diaryl/α,β-unsaturated/α-hetero) is 1. The first-order chi connectivity index (χ1) is 14.9. The zero-order valence-electron chi connectivity index (χ0n) is 16.8. The second-order valence-electron chi connectivity index (χ2n) is 7.03. The minimum Gasteiger partial charge on any atom is -0.377 e. The summed E-state index contributed by atoms with van der Waals surface area (Å²) in [5, 5.41) is 6.53. The molecule has 0 spiro atoms. The predicted octanol–water partition coefficient (Wildman–Crippen LogP) is 5.83. The Bertz CT molecular complexity index is 1070. The number of benzene rings is 3. The second kappa shape index (κ2) is 10.4. The SMILES string of the molecule is Cc1ccc(C2CC(=O)c3cc(Cl)ccc3N2)cc1.NNC(=O)Nc1ccc(Br)cc1. The van der Waals surface area contributed by atoms with Crippen LogP contribution in [0.5, 0.6) is 0 Å². The molecule has 1 aliphatic heterocycles. The minimum absolute atomic E-state index is 0.0433. The van der Waals surface area contributed by atoms with Gasteiger partial charge in [0.25, 0.3) is 0 Å². The highest BCUT2D eigenvalue weighted by Crippen LogP contribution is 2.34. The van der Waals surface area contributed by atoms with E-state index in [0.29, 0.717) is 22.7 Å². The fourth-order valence-corrected chi connectivity index (χ4v) is 3.54. The fourth-order valence-electron chi connectivity index (χ4n) is 3.11. The Morgan fingerprint density at radius 1 is 1.10 bits per heavy atom. The lowest BCUT2D eigenvalue weighted by molar-refractivity contribution is 0.0972. The van der Waals surface area contributed by atoms with Crippen LogP contribution in [0.4, 0.5) is 16.2 Å². The number of carbonyl (C=O) groups excluding carboxylic acids is 2. The van der Waals surface area contributed by atoms with Crippen molar-refractivity contribution >= 4 is 50.7 Å². The van der Waals surface area contributed by atoms with Crippen LogP contribution in [0.1, 0.15) is 33.9 Å². The quantitative estimate of drug-likeness (QED) is 0.202. The molecule has 1 atom stereocenters. The fraction of sp³-hybridized carbons (Fsp3) is 0.130. The highest BCUT2D eigenvalue weighted by molar-refractivity contribution is 9.10. The summed E-state index contributed by atoms with van der Waals surface area (Å²) < 4.78 is 0.959. The molecule has 1 aliphatic rings. The standard InChI is InChI=1S/C16H14ClNO.C7H8BrN3O/c1-10-2-4-11(5-3-10)15-9-16(19)13-8-12(17)6-7-14(13)18-15;8-5-1-3-6(4-2-5)10-7(12)11-9/h2-8,15,18H,9H2,1H3;1-4H,9H2,(H2,10,11,12). The molecule has 1 heterocycles. The number of nitrogens with two attached hydrogens (primary N) is 1. The van der Waals surface area contributed by atoms with Crippen molar-refractivity contribution in [3.63, 3.8) is 0 Å². The van der Waals surface area contributed by atoms with Crippen molar-refractivity contribution in [1.82, 2.24) is 5.43 Å². The van der Waals surface area contributed by atoms with Gasteiger partial charge >= 0.3 is 6.03 Å². The Kier molecular flexibility index (Phi) is 7.68. The first-order valence-corrected chi connectivity index (χ1v) is 10.7. The molecule has 3 aromatic carbocycles. The monoisotopic (exact) mass is 500 g/mol. The number of ketones is 1. The van der Waals surface area contributed by atoms with Gasteiger partial charge in [0, 0.05) is 32.9 Å². The van der Waals surface area contributed by atoms with Gasteiger partial charge in [0.1, 0.15) is 0 Å².